The highest BCUT2D eigenvalue weighted by atomic mass is 16.4. The number of aliphatic carboxylic acids is 3. The maximum Gasteiger partial charge on any atom is 0.303 e. The topological polar surface area (TPSA) is 112 Å². The van der Waals surface area contributed by atoms with Gasteiger partial charge in [-0.05, 0) is 12.8 Å². The number of carboxylic acid groups (broad SMARTS) is 3. The van der Waals surface area contributed by atoms with E-state index >= 15 is 0 Å². The lowest BCUT2D eigenvalue weighted by molar-refractivity contribution is -0.928. The second-order valence-electron chi connectivity index (χ2n) is 7.48. The quantitative estimate of drug-likeness (QED) is 0.172. The molecule has 7 heteroatoms. The molecule has 3 N–H and O–H groups in total. The smallest absolute Gasteiger partial charge is 0.303 e. The van der Waals surface area contributed by atoms with Crippen molar-refractivity contribution in [3.63, 3.8) is 0 Å². The molecule has 0 fully saturated rings. The molecule has 0 aromatic rings. The fourth-order valence-electron chi connectivity index (χ4n) is 3.47. The van der Waals surface area contributed by atoms with Crippen molar-refractivity contribution >= 4 is 17.9 Å². The number of quaternary nitrogens is 1. The molecular weight excluding hydrogens is 362 g/mol. The van der Waals surface area contributed by atoms with Gasteiger partial charge in [-0.1, -0.05) is 31.9 Å². The molecule has 0 spiro atoms. The minimum Gasteiger partial charge on any atom is -0.481 e. The van der Waals surface area contributed by atoms with Crippen molar-refractivity contribution in [2.45, 2.75) is 77.6 Å². The SMILES string of the molecule is CCCC/C=C\CCC[N+](CCCC(=O)O)(CCCC(=O)O)CCCC(=O)O. The molecule has 0 unspecified atom stereocenters. The van der Waals surface area contributed by atoms with Crippen LogP contribution in [0.15, 0.2) is 12.2 Å². The van der Waals surface area contributed by atoms with Gasteiger partial charge in [-0.15, -0.1) is 0 Å². The van der Waals surface area contributed by atoms with E-state index in [1.807, 2.05) is 0 Å². The molecule has 0 bridgehead atoms. The van der Waals surface area contributed by atoms with Gasteiger partial charge in [-0.3, -0.25) is 14.4 Å². The third kappa shape index (κ3) is 15.2. The van der Waals surface area contributed by atoms with Crippen molar-refractivity contribution in [1.82, 2.24) is 0 Å². The molecule has 0 radical (unpaired) electrons. The molecule has 162 valence electrons. The molecule has 28 heavy (non-hydrogen) atoms. The summed E-state index contributed by atoms with van der Waals surface area (Å²) in [5.41, 5.74) is 0. The zero-order valence-corrected chi connectivity index (χ0v) is 17.3. The van der Waals surface area contributed by atoms with Gasteiger partial charge in [0.05, 0.1) is 45.4 Å². The molecule has 0 aromatic heterocycles. The summed E-state index contributed by atoms with van der Waals surface area (Å²) in [4.78, 5) is 32.7. The number of hydrogen-bond donors (Lipinski definition) is 3. The van der Waals surface area contributed by atoms with E-state index in [0.29, 0.717) is 43.4 Å². The van der Waals surface area contributed by atoms with Gasteiger partial charge < -0.3 is 19.8 Å². The first-order chi connectivity index (χ1) is 13.3. The van der Waals surface area contributed by atoms with Gasteiger partial charge in [-0.2, -0.15) is 0 Å². The average Bonchev–Trinajstić information content (AvgIpc) is 2.60. The summed E-state index contributed by atoms with van der Waals surface area (Å²) in [6.07, 6.45) is 11.4. The lowest BCUT2D eigenvalue weighted by Gasteiger charge is -2.39. The van der Waals surface area contributed by atoms with Gasteiger partial charge in [0.25, 0.3) is 0 Å². The van der Waals surface area contributed by atoms with E-state index in [1.165, 1.54) is 12.8 Å². The molecule has 0 saturated heterocycles. The van der Waals surface area contributed by atoms with E-state index < -0.39 is 17.9 Å². The highest BCUT2D eigenvalue weighted by molar-refractivity contribution is 5.67. The average molecular weight is 401 g/mol. The minimum atomic E-state index is -0.840. The van der Waals surface area contributed by atoms with Crippen molar-refractivity contribution < 1.29 is 34.2 Å². The summed E-state index contributed by atoms with van der Waals surface area (Å²) >= 11 is 0. The Bertz CT molecular complexity index is 439. The zero-order chi connectivity index (χ0) is 21.3. The van der Waals surface area contributed by atoms with Crippen LogP contribution in [0, 0.1) is 0 Å². The molecule has 7 nitrogen and oxygen atoms in total. The predicted molar refractivity (Wildman–Crippen MR) is 108 cm³/mol. The highest BCUT2D eigenvalue weighted by Gasteiger charge is 2.27. The van der Waals surface area contributed by atoms with Crippen LogP contribution in [0.2, 0.25) is 0 Å². The van der Waals surface area contributed by atoms with Crippen LogP contribution in [-0.2, 0) is 14.4 Å². The Kier molecular flexibility index (Phi) is 15.0. The number of carbonyl (C=O) groups is 3. The van der Waals surface area contributed by atoms with Crippen molar-refractivity contribution in [1.29, 1.82) is 0 Å². The molecule has 0 saturated carbocycles. The molecule has 0 aromatic carbocycles. The first-order valence-corrected chi connectivity index (χ1v) is 10.5. The number of carboxylic acids is 3. The maximum absolute atomic E-state index is 10.9. The van der Waals surface area contributed by atoms with Crippen LogP contribution in [0.25, 0.3) is 0 Å². The predicted octanol–water partition coefficient (Wildman–Crippen LogP) is 3.92. The molecule has 0 aliphatic carbocycles. The van der Waals surface area contributed by atoms with Gasteiger partial charge in [0.2, 0.25) is 0 Å². The summed E-state index contributed by atoms with van der Waals surface area (Å²) in [7, 11) is 0. The Morgan fingerprint density at radius 2 is 1.00 bits per heavy atom. The Hall–Kier alpha value is -1.89. The van der Waals surface area contributed by atoms with Crippen LogP contribution in [0.1, 0.15) is 77.6 Å². The van der Waals surface area contributed by atoms with E-state index in [9.17, 15) is 14.4 Å². The monoisotopic (exact) mass is 400 g/mol. The third-order valence-corrected chi connectivity index (χ3v) is 4.96. The largest absolute Gasteiger partial charge is 0.481 e. The Labute approximate surface area is 168 Å². The second kappa shape index (κ2) is 16.1. The van der Waals surface area contributed by atoms with Gasteiger partial charge in [0, 0.05) is 25.7 Å². The first-order valence-electron chi connectivity index (χ1n) is 10.5. The lowest BCUT2D eigenvalue weighted by atomic mass is 10.1. The van der Waals surface area contributed by atoms with Crippen molar-refractivity contribution in [2.24, 2.45) is 0 Å². The second-order valence-corrected chi connectivity index (χ2v) is 7.48. The van der Waals surface area contributed by atoms with E-state index in [-0.39, 0.29) is 19.3 Å². The molecular formula is C21H38NO6+. The molecule has 0 rings (SSSR count). The number of allylic oxidation sites excluding steroid dienone is 2. The van der Waals surface area contributed by atoms with Crippen LogP contribution in [-0.4, -0.2) is 63.9 Å². The summed E-state index contributed by atoms with van der Waals surface area (Å²) in [6.45, 7) is 4.91. The van der Waals surface area contributed by atoms with Crippen LogP contribution in [0.3, 0.4) is 0 Å². The summed E-state index contributed by atoms with van der Waals surface area (Å²) in [6, 6.07) is 0. The molecule has 0 amide bonds. The van der Waals surface area contributed by atoms with Gasteiger partial charge in [-0.25, -0.2) is 0 Å². The number of rotatable bonds is 19. The molecule has 0 atom stereocenters. The summed E-state index contributed by atoms with van der Waals surface area (Å²) in [5.74, 6) is -2.52. The Morgan fingerprint density at radius 3 is 1.36 bits per heavy atom. The van der Waals surface area contributed by atoms with Crippen LogP contribution >= 0.6 is 0 Å². The fraction of sp³-hybridized carbons (Fsp3) is 0.762. The molecule has 0 heterocycles. The fourth-order valence-corrected chi connectivity index (χ4v) is 3.47. The number of unbranched alkanes of at least 4 members (excludes halogenated alkanes) is 3. The standard InChI is InChI=1S/C21H37NO6/c1-2-3-4-5-6-7-8-15-22(16-9-12-19(23)24,17-10-13-20(25)26)18-11-14-21(27)28/h5-6H,2-4,7-18H2,1H3,(H2-,23,24,25,26,27,28)/p+1/b6-5-. The van der Waals surface area contributed by atoms with E-state index in [1.54, 1.807) is 0 Å². The first kappa shape index (κ1) is 26.1. The normalized spacial score (nSPS) is 11.8. The third-order valence-electron chi connectivity index (χ3n) is 4.96. The van der Waals surface area contributed by atoms with Gasteiger partial charge in [0.1, 0.15) is 0 Å². The number of hydrogen-bond acceptors (Lipinski definition) is 3. The van der Waals surface area contributed by atoms with E-state index in [4.69, 9.17) is 15.3 Å². The zero-order valence-electron chi connectivity index (χ0n) is 17.3. The van der Waals surface area contributed by atoms with E-state index in [2.05, 4.69) is 19.1 Å². The van der Waals surface area contributed by atoms with Crippen LogP contribution in [0.4, 0.5) is 0 Å². The Balaban J connectivity index is 4.89. The Morgan fingerprint density at radius 1 is 0.643 bits per heavy atom. The van der Waals surface area contributed by atoms with E-state index in [0.717, 1.165) is 25.8 Å². The molecule has 0 aliphatic rings. The van der Waals surface area contributed by atoms with Crippen LogP contribution in [0.5, 0.6) is 0 Å². The molecule has 0 aliphatic heterocycles. The minimum absolute atomic E-state index is 0.0782. The lowest BCUT2D eigenvalue weighted by Crippen LogP contribution is -2.51. The van der Waals surface area contributed by atoms with Crippen molar-refractivity contribution in [2.75, 3.05) is 26.2 Å². The van der Waals surface area contributed by atoms with Gasteiger partial charge in [0.15, 0.2) is 0 Å². The van der Waals surface area contributed by atoms with Crippen LogP contribution < -0.4 is 0 Å². The van der Waals surface area contributed by atoms with Gasteiger partial charge >= 0.3 is 17.9 Å². The highest BCUT2D eigenvalue weighted by Crippen LogP contribution is 2.17. The van der Waals surface area contributed by atoms with Crippen molar-refractivity contribution in [3.05, 3.63) is 12.2 Å². The summed E-state index contributed by atoms with van der Waals surface area (Å²) in [5, 5.41) is 26.9. The number of nitrogens with zero attached hydrogens (tertiary/aromatic N) is 1. The van der Waals surface area contributed by atoms with Crippen molar-refractivity contribution in [3.8, 4) is 0 Å². The maximum atomic E-state index is 10.9. The summed E-state index contributed by atoms with van der Waals surface area (Å²) < 4.78 is 0.608.